The van der Waals surface area contributed by atoms with Gasteiger partial charge in [0, 0.05) is 0 Å². The lowest BCUT2D eigenvalue weighted by Crippen LogP contribution is -2.35. The standard InChI is InChI=1S/C5H9BNO/c1-4-7(2,3)5-8-6/h1H,5H2,2-3H3/q+1. The van der Waals surface area contributed by atoms with Crippen molar-refractivity contribution in [3.05, 3.63) is 0 Å². The Balaban J connectivity index is 3.59. The van der Waals surface area contributed by atoms with Crippen LogP contribution in [0.4, 0.5) is 0 Å². The van der Waals surface area contributed by atoms with E-state index in [0.29, 0.717) is 11.2 Å². The first-order chi connectivity index (χ1) is 3.62. The van der Waals surface area contributed by atoms with Gasteiger partial charge >= 0.3 is 0 Å². The van der Waals surface area contributed by atoms with Crippen LogP contribution in [0, 0.1) is 12.5 Å². The molecule has 8 heavy (non-hydrogen) atoms. The van der Waals surface area contributed by atoms with Crippen LogP contribution in [0.1, 0.15) is 0 Å². The average molecular weight is 110 g/mol. The van der Waals surface area contributed by atoms with Crippen molar-refractivity contribution < 1.29 is 9.14 Å². The van der Waals surface area contributed by atoms with Crippen LogP contribution in [0.25, 0.3) is 0 Å². The van der Waals surface area contributed by atoms with Crippen LogP contribution in [0.5, 0.6) is 0 Å². The molecule has 0 amide bonds. The summed E-state index contributed by atoms with van der Waals surface area (Å²) in [5.41, 5.74) is 0. The largest absolute Gasteiger partial charge is 0.404 e. The zero-order valence-corrected chi connectivity index (χ0v) is 5.22. The third-order valence-electron chi connectivity index (χ3n) is 0.747. The molecule has 0 fully saturated rings. The van der Waals surface area contributed by atoms with E-state index in [1.807, 2.05) is 14.1 Å². The number of rotatable bonds is 2. The smallest absolute Gasteiger partial charge is 0.290 e. The minimum absolute atomic E-state index is 0.344. The van der Waals surface area contributed by atoms with Gasteiger partial charge < -0.3 is 4.65 Å². The molecular formula is C5H9BNO+. The van der Waals surface area contributed by atoms with E-state index in [1.165, 1.54) is 0 Å². The summed E-state index contributed by atoms with van der Waals surface area (Å²) < 4.78 is 4.67. The zero-order chi connectivity index (χ0) is 6.62. The van der Waals surface area contributed by atoms with Crippen molar-refractivity contribution in [3.63, 3.8) is 0 Å². The Morgan fingerprint density at radius 1 is 1.75 bits per heavy atom. The van der Waals surface area contributed by atoms with E-state index in [-0.39, 0.29) is 0 Å². The van der Waals surface area contributed by atoms with Crippen LogP contribution in [0.2, 0.25) is 0 Å². The number of terminal acetylenes is 1. The Kier molecular flexibility index (Phi) is 2.60. The van der Waals surface area contributed by atoms with Gasteiger partial charge in [-0.25, -0.2) is 4.48 Å². The lowest BCUT2D eigenvalue weighted by atomic mass is 10.6. The van der Waals surface area contributed by atoms with Crippen molar-refractivity contribution in [2.45, 2.75) is 0 Å². The minimum atomic E-state index is 0.344. The van der Waals surface area contributed by atoms with E-state index < -0.39 is 0 Å². The van der Waals surface area contributed by atoms with Crippen molar-refractivity contribution in [2.24, 2.45) is 0 Å². The van der Waals surface area contributed by atoms with Gasteiger partial charge in [0.2, 0.25) is 0 Å². The fourth-order valence-electron chi connectivity index (χ4n) is 0.224. The van der Waals surface area contributed by atoms with Gasteiger partial charge in [-0.3, -0.25) is 0 Å². The number of quaternary nitrogens is 1. The molecule has 3 heteroatoms. The molecule has 0 rings (SSSR count). The highest BCUT2D eigenvalue weighted by molar-refractivity contribution is 5.97. The number of hydrogen-bond acceptors (Lipinski definition) is 1. The zero-order valence-electron chi connectivity index (χ0n) is 5.22. The monoisotopic (exact) mass is 110 g/mol. The van der Waals surface area contributed by atoms with Crippen LogP contribution in [0.3, 0.4) is 0 Å². The lowest BCUT2D eigenvalue weighted by molar-refractivity contribution is -0.840. The quantitative estimate of drug-likeness (QED) is 0.205. The highest BCUT2D eigenvalue weighted by Crippen LogP contribution is 1.90. The maximum Gasteiger partial charge on any atom is 0.290 e. The van der Waals surface area contributed by atoms with Crippen molar-refractivity contribution >= 4 is 8.05 Å². The maximum atomic E-state index is 5.08. The minimum Gasteiger partial charge on any atom is -0.404 e. The van der Waals surface area contributed by atoms with Crippen LogP contribution >= 0.6 is 0 Å². The topological polar surface area (TPSA) is 9.23 Å². The molecule has 2 nitrogen and oxygen atoms in total. The van der Waals surface area contributed by atoms with E-state index in [2.05, 4.69) is 10.7 Å². The summed E-state index contributed by atoms with van der Waals surface area (Å²) in [5, 5.41) is 0. The Morgan fingerprint density at radius 3 is 2.38 bits per heavy atom. The number of nitrogens with zero attached hydrogens (tertiary/aromatic N) is 1. The lowest BCUT2D eigenvalue weighted by Gasteiger charge is -2.18. The van der Waals surface area contributed by atoms with E-state index in [9.17, 15) is 0 Å². The molecule has 0 bridgehead atoms. The van der Waals surface area contributed by atoms with E-state index in [0.717, 1.165) is 0 Å². The van der Waals surface area contributed by atoms with Crippen molar-refractivity contribution in [3.8, 4) is 12.5 Å². The predicted octanol–water partition coefficient (Wildman–Crippen LogP) is -0.289. The van der Waals surface area contributed by atoms with Gasteiger partial charge in [0.15, 0.2) is 6.73 Å². The highest BCUT2D eigenvalue weighted by Gasteiger charge is 2.07. The molecule has 0 heterocycles. The third-order valence-corrected chi connectivity index (χ3v) is 0.747. The molecule has 0 saturated heterocycles. The Morgan fingerprint density at radius 2 is 2.25 bits per heavy atom. The molecule has 0 aliphatic carbocycles. The first kappa shape index (κ1) is 7.54. The molecule has 0 aromatic carbocycles. The molecule has 0 aliphatic heterocycles. The Bertz CT molecular complexity index is 105. The molecule has 0 aromatic rings. The predicted molar refractivity (Wildman–Crippen MR) is 32.6 cm³/mol. The van der Waals surface area contributed by atoms with Crippen LogP contribution < -0.4 is 0 Å². The van der Waals surface area contributed by atoms with Crippen LogP contribution in [-0.2, 0) is 4.65 Å². The van der Waals surface area contributed by atoms with Crippen molar-refractivity contribution in [1.82, 2.24) is 0 Å². The Hall–Kier alpha value is -0.455. The summed E-state index contributed by atoms with van der Waals surface area (Å²) in [6.07, 6.45) is 5.08. The second kappa shape index (κ2) is 2.76. The van der Waals surface area contributed by atoms with Gasteiger partial charge in [-0.2, -0.15) is 0 Å². The van der Waals surface area contributed by atoms with Gasteiger partial charge in [-0.1, -0.05) is 6.42 Å². The summed E-state index contributed by atoms with van der Waals surface area (Å²) in [5.74, 6) is 0. The molecule has 0 saturated carbocycles. The summed E-state index contributed by atoms with van der Waals surface area (Å²) in [4.78, 5) is 0. The van der Waals surface area contributed by atoms with Crippen LogP contribution in [0.15, 0.2) is 0 Å². The Labute approximate surface area is 51.5 Å². The molecule has 0 aromatic heterocycles. The second-order valence-corrected chi connectivity index (χ2v) is 2.11. The van der Waals surface area contributed by atoms with Crippen LogP contribution in [-0.4, -0.2) is 33.4 Å². The highest BCUT2D eigenvalue weighted by atomic mass is 16.4. The van der Waals surface area contributed by atoms with Gasteiger partial charge in [-0.15, -0.1) is 0 Å². The van der Waals surface area contributed by atoms with E-state index >= 15 is 0 Å². The summed E-state index contributed by atoms with van der Waals surface area (Å²) in [7, 11) is 8.43. The fraction of sp³-hybridized carbons (Fsp3) is 0.600. The van der Waals surface area contributed by atoms with Gasteiger partial charge in [-0.05, 0) is 0 Å². The van der Waals surface area contributed by atoms with E-state index in [1.54, 1.807) is 0 Å². The van der Waals surface area contributed by atoms with Crippen molar-refractivity contribution in [2.75, 3.05) is 20.8 Å². The summed E-state index contributed by atoms with van der Waals surface area (Å²) in [6.45, 7) is 0.344. The first-order valence-electron chi connectivity index (χ1n) is 2.25. The van der Waals surface area contributed by atoms with Gasteiger partial charge in [0.1, 0.15) is 6.04 Å². The molecule has 0 unspecified atom stereocenters. The molecule has 0 aliphatic rings. The molecule has 42 valence electrons. The number of hydrogen-bond donors (Lipinski definition) is 0. The fourth-order valence-corrected chi connectivity index (χ4v) is 0.224. The maximum absolute atomic E-state index is 5.08. The molecular weight excluding hydrogens is 101 g/mol. The normalized spacial score (nSPS) is 10.6. The van der Waals surface area contributed by atoms with E-state index in [4.69, 9.17) is 14.5 Å². The summed E-state index contributed by atoms with van der Waals surface area (Å²) >= 11 is 0. The SMILES string of the molecule is [B]OC[N+](C)(C)C#C. The second-order valence-electron chi connectivity index (χ2n) is 2.11. The molecule has 0 atom stereocenters. The first-order valence-corrected chi connectivity index (χ1v) is 2.25. The third kappa shape index (κ3) is 2.67. The van der Waals surface area contributed by atoms with Crippen molar-refractivity contribution in [1.29, 1.82) is 0 Å². The van der Waals surface area contributed by atoms with Gasteiger partial charge in [0.05, 0.1) is 14.1 Å². The van der Waals surface area contributed by atoms with Gasteiger partial charge in [0.25, 0.3) is 8.05 Å². The molecule has 2 radical (unpaired) electrons. The summed E-state index contributed by atoms with van der Waals surface area (Å²) in [6, 6.07) is 2.47. The molecule has 0 N–H and O–H groups in total. The average Bonchev–Trinajstić information content (AvgIpc) is 1.67. The molecule has 0 spiro atoms.